The zero-order chi connectivity index (χ0) is 16.5. The van der Waals surface area contributed by atoms with Crippen LogP contribution in [0.1, 0.15) is 6.92 Å². The van der Waals surface area contributed by atoms with Gasteiger partial charge in [-0.25, -0.2) is 5.43 Å². The second kappa shape index (κ2) is 6.12. The topological polar surface area (TPSA) is 37.0 Å². The molecule has 22 heavy (non-hydrogen) atoms. The molecule has 0 fully saturated rings. The smallest absolute Gasteiger partial charge is 0.422 e. The number of nitrogens with zero attached hydrogens (tertiary/aromatic N) is 2. The number of hydrogen-bond donors (Lipinski definition) is 1. The average molecular weight is 319 g/mol. The molecule has 0 aliphatic carbocycles. The summed E-state index contributed by atoms with van der Waals surface area (Å²) in [4.78, 5) is 1.63. The Morgan fingerprint density at radius 2 is 2.05 bits per heavy atom. The molecule has 0 saturated heterocycles. The Morgan fingerprint density at radius 1 is 1.36 bits per heavy atom. The van der Waals surface area contributed by atoms with Gasteiger partial charge in [-0.05, 0) is 13.0 Å². The molecular formula is C14H20F3N3O2. The molecule has 0 amide bonds. The minimum Gasteiger partial charge on any atom is -0.496 e. The summed E-state index contributed by atoms with van der Waals surface area (Å²) in [7, 11) is 5.06. The van der Waals surface area contributed by atoms with E-state index in [4.69, 9.17) is 9.47 Å². The van der Waals surface area contributed by atoms with Crippen LogP contribution in [-0.4, -0.2) is 56.5 Å². The lowest BCUT2D eigenvalue weighted by atomic mass is 10.1. The Bertz CT molecular complexity index is 526. The maximum absolute atomic E-state index is 12.3. The molecule has 1 unspecified atom stereocenters. The first-order valence-electron chi connectivity index (χ1n) is 6.83. The van der Waals surface area contributed by atoms with Crippen LogP contribution in [0.25, 0.3) is 0 Å². The predicted octanol–water partition coefficient (Wildman–Crippen LogP) is 1.98. The average Bonchev–Trinajstić information content (AvgIpc) is 2.75. The molecule has 1 atom stereocenters. The van der Waals surface area contributed by atoms with Gasteiger partial charge >= 0.3 is 6.18 Å². The molecule has 0 aromatic rings. The fourth-order valence-electron chi connectivity index (χ4n) is 2.46. The third kappa shape index (κ3) is 3.68. The Balaban J connectivity index is 2.25. The second-order valence-corrected chi connectivity index (χ2v) is 5.32. The van der Waals surface area contributed by atoms with Crippen LogP contribution >= 0.6 is 0 Å². The van der Waals surface area contributed by atoms with Crippen LogP contribution in [0, 0.1) is 0 Å². The van der Waals surface area contributed by atoms with Gasteiger partial charge in [0.2, 0.25) is 0 Å². The molecule has 124 valence electrons. The van der Waals surface area contributed by atoms with Crippen molar-refractivity contribution in [1.29, 1.82) is 0 Å². The first-order valence-corrected chi connectivity index (χ1v) is 6.83. The Kier molecular flexibility index (Phi) is 4.60. The molecule has 2 heterocycles. The van der Waals surface area contributed by atoms with Crippen LogP contribution in [-0.2, 0) is 9.47 Å². The summed E-state index contributed by atoms with van der Waals surface area (Å²) in [6.45, 7) is 1.09. The first kappa shape index (κ1) is 16.5. The van der Waals surface area contributed by atoms with Gasteiger partial charge in [-0.1, -0.05) is 0 Å². The highest BCUT2D eigenvalue weighted by Crippen LogP contribution is 2.29. The first-order chi connectivity index (χ1) is 10.2. The van der Waals surface area contributed by atoms with E-state index in [1.807, 2.05) is 25.1 Å². The van der Waals surface area contributed by atoms with Crippen molar-refractivity contribution in [2.45, 2.75) is 19.1 Å². The number of ether oxygens (including phenoxy) is 2. The van der Waals surface area contributed by atoms with Crippen molar-refractivity contribution in [2.24, 2.45) is 0 Å². The van der Waals surface area contributed by atoms with Gasteiger partial charge in [-0.2, -0.15) is 13.2 Å². The lowest BCUT2D eigenvalue weighted by molar-refractivity contribution is -0.169. The van der Waals surface area contributed by atoms with Crippen molar-refractivity contribution in [3.63, 3.8) is 0 Å². The fraction of sp³-hybridized carbons (Fsp3) is 0.571. The van der Waals surface area contributed by atoms with E-state index in [0.717, 1.165) is 11.3 Å². The summed E-state index contributed by atoms with van der Waals surface area (Å²) in [6, 6.07) is 0.183. The number of allylic oxidation sites excluding steroid dienone is 1. The van der Waals surface area contributed by atoms with Crippen molar-refractivity contribution in [3.05, 3.63) is 35.1 Å². The summed E-state index contributed by atoms with van der Waals surface area (Å²) in [6.07, 6.45) is -0.841. The summed E-state index contributed by atoms with van der Waals surface area (Å²) < 4.78 is 47.1. The molecule has 2 rings (SSSR count). The molecule has 5 nitrogen and oxygen atoms in total. The molecule has 0 saturated carbocycles. The molecule has 2 aliphatic heterocycles. The Hall–Kier alpha value is -1.83. The number of likely N-dealkylation sites (N-methyl/N-ethyl adjacent to an activating group) is 2. The van der Waals surface area contributed by atoms with E-state index in [1.165, 1.54) is 13.2 Å². The van der Waals surface area contributed by atoms with E-state index in [9.17, 15) is 13.2 Å². The number of hydrazine groups is 1. The maximum atomic E-state index is 12.3. The largest absolute Gasteiger partial charge is 0.496 e. The molecule has 0 spiro atoms. The summed E-state index contributed by atoms with van der Waals surface area (Å²) in [5.41, 5.74) is 5.05. The number of halogens is 3. The third-order valence-electron chi connectivity index (χ3n) is 3.40. The standard InChI is InChI=1S/C14H20F3N3O2/c1-9-5-11(20(3)18-9)10-7-19(2)13(6-12(10)21-4)22-8-14(15,16)17/h5-6,9,18H,7-8H2,1-4H3. The summed E-state index contributed by atoms with van der Waals surface area (Å²) in [5, 5.41) is 1.88. The molecule has 1 N–H and O–H groups in total. The van der Waals surface area contributed by atoms with Gasteiger partial charge in [0.1, 0.15) is 5.76 Å². The van der Waals surface area contributed by atoms with Crippen LogP contribution in [0.3, 0.4) is 0 Å². The lowest BCUT2D eigenvalue weighted by Gasteiger charge is -2.31. The minimum atomic E-state index is -4.37. The molecule has 0 bridgehead atoms. The SMILES string of the molecule is COC1=C(C2=CC(C)NN2C)CN(C)C(OCC(F)(F)F)=C1. The van der Waals surface area contributed by atoms with Crippen molar-refractivity contribution >= 4 is 0 Å². The molecular weight excluding hydrogens is 299 g/mol. The normalized spacial score (nSPS) is 22.8. The van der Waals surface area contributed by atoms with Crippen molar-refractivity contribution in [1.82, 2.24) is 15.3 Å². The van der Waals surface area contributed by atoms with E-state index in [2.05, 4.69) is 5.43 Å². The van der Waals surface area contributed by atoms with Crippen LogP contribution in [0.4, 0.5) is 13.2 Å². The number of alkyl halides is 3. The van der Waals surface area contributed by atoms with Gasteiger partial charge in [0, 0.05) is 31.8 Å². The third-order valence-corrected chi connectivity index (χ3v) is 3.40. The van der Waals surface area contributed by atoms with Gasteiger partial charge in [-0.3, -0.25) is 0 Å². The molecule has 0 radical (unpaired) electrons. The van der Waals surface area contributed by atoms with Crippen LogP contribution in [0.2, 0.25) is 0 Å². The van der Waals surface area contributed by atoms with Crippen molar-refractivity contribution in [2.75, 3.05) is 34.4 Å². The van der Waals surface area contributed by atoms with Crippen LogP contribution in [0.5, 0.6) is 0 Å². The molecule has 0 aromatic heterocycles. The van der Waals surface area contributed by atoms with Crippen LogP contribution in [0.15, 0.2) is 35.1 Å². The lowest BCUT2D eigenvalue weighted by Crippen LogP contribution is -2.35. The van der Waals surface area contributed by atoms with Gasteiger partial charge in [0.05, 0.1) is 19.4 Å². The van der Waals surface area contributed by atoms with Crippen molar-refractivity contribution < 1.29 is 22.6 Å². The quantitative estimate of drug-likeness (QED) is 0.857. The second-order valence-electron chi connectivity index (χ2n) is 5.32. The van der Waals surface area contributed by atoms with Gasteiger partial charge < -0.3 is 19.4 Å². The molecule has 0 aromatic carbocycles. The van der Waals surface area contributed by atoms with E-state index >= 15 is 0 Å². The highest BCUT2D eigenvalue weighted by molar-refractivity contribution is 5.42. The number of nitrogens with one attached hydrogen (secondary N) is 1. The van der Waals surface area contributed by atoms with Gasteiger partial charge in [0.15, 0.2) is 12.5 Å². The summed E-state index contributed by atoms with van der Waals surface area (Å²) >= 11 is 0. The highest BCUT2D eigenvalue weighted by Gasteiger charge is 2.32. The van der Waals surface area contributed by atoms with Gasteiger partial charge in [0.25, 0.3) is 0 Å². The predicted molar refractivity (Wildman–Crippen MR) is 75.2 cm³/mol. The van der Waals surface area contributed by atoms with Gasteiger partial charge in [-0.15, -0.1) is 0 Å². The molecule has 8 heteroatoms. The van der Waals surface area contributed by atoms with Crippen molar-refractivity contribution in [3.8, 4) is 0 Å². The zero-order valence-corrected chi connectivity index (χ0v) is 13.0. The van der Waals surface area contributed by atoms with E-state index in [-0.39, 0.29) is 11.9 Å². The maximum Gasteiger partial charge on any atom is 0.422 e. The monoisotopic (exact) mass is 319 g/mol. The van der Waals surface area contributed by atoms with Crippen LogP contribution < -0.4 is 5.43 Å². The Morgan fingerprint density at radius 3 is 2.55 bits per heavy atom. The van der Waals surface area contributed by atoms with E-state index < -0.39 is 12.8 Å². The fourth-order valence-corrected chi connectivity index (χ4v) is 2.46. The minimum absolute atomic E-state index is 0.139. The number of methoxy groups -OCH3 is 1. The molecule has 2 aliphatic rings. The number of hydrogen-bond acceptors (Lipinski definition) is 5. The number of rotatable bonds is 4. The van der Waals surface area contributed by atoms with E-state index in [1.54, 1.807) is 11.9 Å². The van der Waals surface area contributed by atoms with E-state index in [0.29, 0.717) is 12.3 Å². The highest BCUT2D eigenvalue weighted by atomic mass is 19.4. The Labute approximate surface area is 127 Å². The summed E-state index contributed by atoms with van der Waals surface area (Å²) in [5.74, 6) is 0.643. The zero-order valence-electron chi connectivity index (χ0n) is 13.0.